The number of rotatable bonds is 3. The SMILES string of the molecule is Cl.NCC1(C(=O)N2CCN(c3nc4ccccc4s3)CC2)CCOCC1. The summed E-state index contributed by atoms with van der Waals surface area (Å²) in [5.74, 6) is 0.210. The van der Waals surface area contributed by atoms with E-state index in [0.29, 0.717) is 19.8 Å². The average Bonchev–Trinajstić information content (AvgIpc) is 3.12. The lowest BCUT2D eigenvalue weighted by Crippen LogP contribution is -2.56. The zero-order valence-corrected chi connectivity index (χ0v) is 16.4. The van der Waals surface area contributed by atoms with Crippen molar-refractivity contribution in [2.24, 2.45) is 11.1 Å². The summed E-state index contributed by atoms with van der Waals surface area (Å²) >= 11 is 1.72. The van der Waals surface area contributed by atoms with Crippen LogP contribution in [0.25, 0.3) is 10.2 Å². The predicted molar refractivity (Wildman–Crippen MR) is 107 cm³/mol. The molecule has 2 saturated heterocycles. The summed E-state index contributed by atoms with van der Waals surface area (Å²) in [6.07, 6.45) is 1.47. The Morgan fingerprint density at radius 2 is 1.88 bits per heavy atom. The fourth-order valence-corrected chi connectivity index (χ4v) is 4.72. The highest BCUT2D eigenvalue weighted by molar-refractivity contribution is 7.22. The number of thiazole rings is 1. The summed E-state index contributed by atoms with van der Waals surface area (Å²) in [7, 11) is 0. The van der Waals surface area contributed by atoms with E-state index in [-0.39, 0.29) is 18.3 Å². The normalized spacial score (nSPS) is 20.0. The third-order valence-electron chi connectivity index (χ3n) is 5.41. The third-order valence-corrected chi connectivity index (χ3v) is 6.51. The number of halogens is 1. The van der Waals surface area contributed by atoms with Gasteiger partial charge in [0.2, 0.25) is 5.91 Å². The molecule has 0 saturated carbocycles. The van der Waals surface area contributed by atoms with E-state index in [4.69, 9.17) is 15.5 Å². The Balaban J connectivity index is 0.00000196. The van der Waals surface area contributed by atoms with Crippen LogP contribution in [-0.4, -0.2) is 61.7 Å². The number of carbonyl (C=O) groups excluding carboxylic acids is 1. The molecule has 0 radical (unpaired) electrons. The van der Waals surface area contributed by atoms with Crippen molar-refractivity contribution in [2.75, 3.05) is 50.8 Å². The maximum absolute atomic E-state index is 13.0. The van der Waals surface area contributed by atoms with Gasteiger partial charge in [-0.1, -0.05) is 23.5 Å². The first-order chi connectivity index (χ1) is 12.2. The van der Waals surface area contributed by atoms with E-state index in [1.54, 1.807) is 11.3 Å². The molecule has 4 rings (SSSR count). The van der Waals surface area contributed by atoms with Crippen molar-refractivity contribution in [2.45, 2.75) is 12.8 Å². The second kappa shape index (κ2) is 8.08. The van der Waals surface area contributed by atoms with Crippen LogP contribution in [0.4, 0.5) is 5.13 Å². The maximum atomic E-state index is 13.0. The van der Waals surface area contributed by atoms with E-state index in [0.717, 1.165) is 49.7 Å². The number of benzene rings is 1. The Bertz CT molecular complexity index is 721. The zero-order chi connectivity index (χ0) is 17.3. The van der Waals surface area contributed by atoms with Crippen molar-refractivity contribution in [1.29, 1.82) is 0 Å². The second-order valence-electron chi connectivity index (χ2n) is 6.84. The van der Waals surface area contributed by atoms with Gasteiger partial charge in [0.25, 0.3) is 0 Å². The van der Waals surface area contributed by atoms with Crippen LogP contribution in [0.15, 0.2) is 24.3 Å². The Morgan fingerprint density at radius 1 is 1.19 bits per heavy atom. The Kier molecular flexibility index (Phi) is 6.02. The van der Waals surface area contributed by atoms with E-state index in [1.807, 2.05) is 23.1 Å². The fourth-order valence-electron chi connectivity index (χ4n) is 3.70. The number of amides is 1. The molecular weight excluding hydrogens is 372 g/mol. The molecule has 1 aromatic heterocycles. The van der Waals surface area contributed by atoms with Crippen LogP contribution in [0, 0.1) is 5.41 Å². The number of carbonyl (C=O) groups is 1. The molecule has 2 fully saturated rings. The minimum atomic E-state index is -0.420. The van der Waals surface area contributed by atoms with Gasteiger partial charge >= 0.3 is 0 Å². The molecule has 1 amide bonds. The number of fused-ring (bicyclic) bond motifs is 1. The highest BCUT2D eigenvalue weighted by Crippen LogP contribution is 2.33. The Hall–Kier alpha value is -1.41. The monoisotopic (exact) mass is 396 g/mol. The van der Waals surface area contributed by atoms with Gasteiger partial charge in [0.1, 0.15) is 0 Å². The zero-order valence-electron chi connectivity index (χ0n) is 14.7. The van der Waals surface area contributed by atoms with E-state index >= 15 is 0 Å². The highest BCUT2D eigenvalue weighted by Gasteiger charge is 2.42. The molecule has 2 aliphatic heterocycles. The molecule has 26 heavy (non-hydrogen) atoms. The standard InChI is InChI=1S/C18H24N4O2S.ClH/c19-13-18(5-11-24-12-6-18)16(23)21-7-9-22(10-8-21)17-20-14-3-1-2-4-15(14)25-17;/h1-4H,5-13,19H2;1H. The lowest BCUT2D eigenvalue weighted by Gasteiger charge is -2.42. The predicted octanol–water partition coefficient (Wildman–Crippen LogP) is 2.12. The number of nitrogens with two attached hydrogens (primary N) is 1. The number of hydrogen-bond donors (Lipinski definition) is 1. The number of aromatic nitrogens is 1. The molecule has 0 aliphatic carbocycles. The van der Waals surface area contributed by atoms with Gasteiger partial charge in [-0.15, -0.1) is 12.4 Å². The summed E-state index contributed by atoms with van der Waals surface area (Å²) in [6.45, 7) is 4.79. The summed E-state index contributed by atoms with van der Waals surface area (Å²) in [4.78, 5) is 22.1. The number of para-hydroxylation sites is 1. The van der Waals surface area contributed by atoms with Gasteiger partial charge in [0.15, 0.2) is 5.13 Å². The van der Waals surface area contributed by atoms with Gasteiger partial charge in [-0.05, 0) is 25.0 Å². The molecule has 142 valence electrons. The van der Waals surface area contributed by atoms with E-state index < -0.39 is 5.41 Å². The summed E-state index contributed by atoms with van der Waals surface area (Å²) in [6, 6.07) is 8.21. The van der Waals surface area contributed by atoms with Crippen LogP contribution < -0.4 is 10.6 Å². The van der Waals surface area contributed by atoms with Crippen molar-refractivity contribution in [3.63, 3.8) is 0 Å². The Labute approximate surface area is 163 Å². The van der Waals surface area contributed by atoms with Gasteiger partial charge in [-0.2, -0.15) is 0 Å². The molecule has 6 nitrogen and oxygen atoms in total. The molecule has 2 aliphatic rings. The van der Waals surface area contributed by atoms with Crippen LogP contribution in [0.1, 0.15) is 12.8 Å². The summed E-state index contributed by atoms with van der Waals surface area (Å²) < 4.78 is 6.63. The van der Waals surface area contributed by atoms with Crippen molar-refractivity contribution in [3.8, 4) is 0 Å². The maximum Gasteiger partial charge on any atom is 0.230 e. The first-order valence-corrected chi connectivity index (χ1v) is 9.71. The van der Waals surface area contributed by atoms with E-state index in [1.165, 1.54) is 4.70 Å². The van der Waals surface area contributed by atoms with Gasteiger partial charge in [-0.3, -0.25) is 4.79 Å². The van der Waals surface area contributed by atoms with Crippen molar-refractivity contribution < 1.29 is 9.53 Å². The molecule has 2 N–H and O–H groups in total. The number of hydrogen-bond acceptors (Lipinski definition) is 6. The number of piperazine rings is 1. The van der Waals surface area contributed by atoms with Gasteiger partial charge in [0, 0.05) is 45.9 Å². The van der Waals surface area contributed by atoms with Crippen LogP contribution >= 0.6 is 23.7 Å². The minimum absolute atomic E-state index is 0. The third kappa shape index (κ3) is 3.53. The largest absolute Gasteiger partial charge is 0.381 e. The van der Waals surface area contributed by atoms with Crippen LogP contribution in [0.3, 0.4) is 0 Å². The topological polar surface area (TPSA) is 71.7 Å². The molecule has 3 heterocycles. The average molecular weight is 397 g/mol. The molecule has 1 aromatic carbocycles. The smallest absolute Gasteiger partial charge is 0.230 e. The van der Waals surface area contributed by atoms with Gasteiger partial charge in [-0.25, -0.2) is 4.98 Å². The van der Waals surface area contributed by atoms with Crippen molar-refractivity contribution >= 4 is 45.0 Å². The van der Waals surface area contributed by atoms with Crippen molar-refractivity contribution in [1.82, 2.24) is 9.88 Å². The number of nitrogens with zero attached hydrogens (tertiary/aromatic N) is 3. The molecule has 0 unspecified atom stereocenters. The van der Waals surface area contributed by atoms with E-state index in [9.17, 15) is 4.79 Å². The summed E-state index contributed by atoms with van der Waals surface area (Å²) in [5.41, 5.74) is 6.61. The fraction of sp³-hybridized carbons (Fsp3) is 0.556. The molecular formula is C18H25ClN4O2S. The lowest BCUT2D eigenvalue weighted by atomic mass is 9.78. The number of anilines is 1. The molecule has 8 heteroatoms. The van der Waals surface area contributed by atoms with Crippen LogP contribution in [-0.2, 0) is 9.53 Å². The van der Waals surface area contributed by atoms with Gasteiger partial charge < -0.3 is 20.3 Å². The van der Waals surface area contributed by atoms with Crippen LogP contribution in [0.2, 0.25) is 0 Å². The molecule has 2 aromatic rings. The highest BCUT2D eigenvalue weighted by atomic mass is 35.5. The molecule has 0 atom stereocenters. The summed E-state index contributed by atoms with van der Waals surface area (Å²) in [5, 5.41) is 1.05. The lowest BCUT2D eigenvalue weighted by molar-refractivity contribution is -0.147. The number of ether oxygens (including phenoxy) is 1. The first-order valence-electron chi connectivity index (χ1n) is 8.90. The minimum Gasteiger partial charge on any atom is -0.381 e. The van der Waals surface area contributed by atoms with Crippen LogP contribution in [0.5, 0.6) is 0 Å². The quantitative estimate of drug-likeness (QED) is 0.860. The van der Waals surface area contributed by atoms with Gasteiger partial charge in [0.05, 0.1) is 15.6 Å². The molecule has 0 bridgehead atoms. The van der Waals surface area contributed by atoms with Crippen molar-refractivity contribution in [3.05, 3.63) is 24.3 Å². The Morgan fingerprint density at radius 3 is 2.54 bits per heavy atom. The molecule has 0 spiro atoms. The first kappa shape index (κ1) is 19.4. The van der Waals surface area contributed by atoms with E-state index in [2.05, 4.69) is 11.0 Å². The second-order valence-corrected chi connectivity index (χ2v) is 7.85.